The van der Waals surface area contributed by atoms with Crippen LogP contribution >= 0.6 is 0 Å². The van der Waals surface area contributed by atoms with Gasteiger partial charge in [-0.25, -0.2) is 9.69 Å². The molecule has 0 atom stereocenters. The van der Waals surface area contributed by atoms with E-state index >= 15 is 0 Å². The zero-order chi connectivity index (χ0) is 26.6. The van der Waals surface area contributed by atoms with E-state index < -0.39 is 0 Å². The Morgan fingerprint density at radius 3 is 2.28 bits per heavy atom. The smallest absolute Gasteiger partial charge is 0.176 e. The number of anilines is 2. The monoisotopic (exact) mass is 511 g/mol. The number of para-hydroxylation sites is 3. The van der Waals surface area contributed by atoms with Gasteiger partial charge in [0.25, 0.3) is 0 Å². The van der Waals surface area contributed by atoms with Gasteiger partial charge in [-0.05, 0) is 61.4 Å². The molecule has 39 heavy (non-hydrogen) atoms. The summed E-state index contributed by atoms with van der Waals surface area (Å²) in [5, 5.41) is 14.3. The number of nitrogens with zero attached hydrogens (tertiary/aromatic N) is 5. The van der Waals surface area contributed by atoms with Crippen LogP contribution in [0.1, 0.15) is 37.4 Å². The van der Waals surface area contributed by atoms with E-state index in [1.165, 1.54) is 41.1 Å². The van der Waals surface area contributed by atoms with Crippen molar-refractivity contribution in [1.29, 1.82) is 0 Å². The summed E-state index contributed by atoms with van der Waals surface area (Å²) in [5.41, 5.74) is 6.66. The molecule has 0 aliphatic carbocycles. The molecule has 0 aliphatic rings. The van der Waals surface area contributed by atoms with Crippen molar-refractivity contribution in [2.45, 2.75) is 39.7 Å². The summed E-state index contributed by atoms with van der Waals surface area (Å²) in [6, 6.07) is 37.8. The van der Waals surface area contributed by atoms with Crippen LogP contribution in [0.4, 0.5) is 11.5 Å². The minimum absolute atomic E-state index is 0.771. The molecule has 0 unspecified atom stereocenters. The third-order valence-corrected chi connectivity index (χ3v) is 7.20. The van der Waals surface area contributed by atoms with Crippen molar-refractivity contribution in [2.75, 3.05) is 5.01 Å². The molecule has 5 heteroatoms. The summed E-state index contributed by atoms with van der Waals surface area (Å²) in [7, 11) is 0. The Morgan fingerprint density at radius 2 is 1.49 bits per heavy atom. The number of hydrogen-bond acceptors (Lipinski definition) is 3. The quantitative estimate of drug-likeness (QED) is 0.111. The molecule has 0 aliphatic heterocycles. The van der Waals surface area contributed by atoms with Crippen LogP contribution in [0.5, 0.6) is 0 Å². The topological polar surface area (TPSA) is 38.4 Å². The Bertz CT molecular complexity index is 1730. The lowest BCUT2D eigenvalue weighted by Gasteiger charge is -2.16. The lowest BCUT2D eigenvalue weighted by Crippen LogP contribution is -2.10. The van der Waals surface area contributed by atoms with Gasteiger partial charge >= 0.3 is 0 Å². The highest BCUT2D eigenvalue weighted by Gasteiger charge is 2.15. The van der Waals surface area contributed by atoms with Gasteiger partial charge < -0.3 is 4.57 Å². The standard InChI is InChI=1S/C34H33N5/c1-3-4-13-22-37-32-19-12-11-18-30(32)31-24-27(20-21-33(31)37)25-35-39(29-16-9-6-10-17-29)34-23-26(2)38(36-34)28-14-7-5-8-15-28/h5-12,14-21,23-25H,3-4,13,22H2,1-2H3/b35-25-. The maximum Gasteiger partial charge on any atom is 0.176 e. The number of fused-ring (bicyclic) bond motifs is 3. The second-order valence-corrected chi connectivity index (χ2v) is 9.94. The largest absolute Gasteiger partial charge is 0.340 e. The average Bonchev–Trinajstić information content (AvgIpc) is 3.52. The van der Waals surface area contributed by atoms with Crippen LogP contribution in [0.15, 0.2) is 114 Å². The van der Waals surface area contributed by atoms with Crippen molar-refractivity contribution in [3.8, 4) is 5.69 Å². The minimum Gasteiger partial charge on any atom is -0.340 e. The van der Waals surface area contributed by atoms with Crippen LogP contribution < -0.4 is 5.01 Å². The van der Waals surface area contributed by atoms with Gasteiger partial charge in [-0.3, -0.25) is 0 Å². The highest BCUT2D eigenvalue weighted by atomic mass is 15.5. The van der Waals surface area contributed by atoms with Crippen LogP contribution in [-0.2, 0) is 6.54 Å². The second kappa shape index (κ2) is 11.0. The van der Waals surface area contributed by atoms with Crippen molar-refractivity contribution in [1.82, 2.24) is 14.3 Å². The summed E-state index contributed by atoms with van der Waals surface area (Å²) in [5.74, 6) is 0.771. The van der Waals surface area contributed by atoms with Crippen molar-refractivity contribution in [2.24, 2.45) is 5.10 Å². The molecule has 6 rings (SSSR count). The molecule has 2 aromatic heterocycles. The van der Waals surface area contributed by atoms with Gasteiger partial charge in [0.15, 0.2) is 5.82 Å². The second-order valence-electron chi connectivity index (χ2n) is 9.94. The maximum absolute atomic E-state index is 4.96. The van der Waals surface area contributed by atoms with Gasteiger partial charge in [0.1, 0.15) is 0 Å². The first-order valence-corrected chi connectivity index (χ1v) is 13.7. The summed E-state index contributed by atoms with van der Waals surface area (Å²) < 4.78 is 4.43. The van der Waals surface area contributed by atoms with E-state index in [9.17, 15) is 0 Å². The molecule has 0 saturated carbocycles. The predicted octanol–water partition coefficient (Wildman–Crippen LogP) is 8.65. The van der Waals surface area contributed by atoms with Gasteiger partial charge in [0, 0.05) is 40.1 Å². The lowest BCUT2D eigenvalue weighted by molar-refractivity contribution is 0.627. The molecular formula is C34H33N5. The number of hydrazone groups is 1. The first kappa shape index (κ1) is 24.7. The van der Waals surface area contributed by atoms with E-state index in [-0.39, 0.29) is 0 Å². The molecule has 0 spiro atoms. The lowest BCUT2D eigenvalue weighted by atomic mass is 10.1. The number of hydrogen-bond donors (Lipinski definition) is 0. The first-order valence-electron chi connectivity index (χ1n) is 13.7. The van der Waals surface area contributed by atoms with Crippen LogP contribution in [0, 0.1) is 6.92 Å². The summed E-state index contributed by atoms with van der Waals surface area (Å²) in [6.07, 6.45) is 5.59. The van der Waals surface area contributed by atoms with Gasteiger partial charge in [-0.2, -0.15) is 5.10 Å². The van der Waals surface area contributed by atoms with E-state index in [1.54, 1.807) is 0 Å². The molecule has 0 radical (unpaired) electrons. The normalized spacial score (nSPS) is 11.6. The first-order chi connectivity index (χ1) is 19.2. The average molecular weight is 512 g/mol. The van der Waals surface area contributed by atoms with E-state index in [1.807, 2.05) is 52.3 Å². The molecule has 0 N–H and O–H groups in total. The molecular weight excluding hydrogens is 478 g/mol. The Morgan fingerprint density at radius 1 is 0.769 bits per heavy atom. The summed E-state index contributed by atoms with van der Waals surface area (Å²) >= 11 is 0. The van der Waals surface area contributed by atoms with E-state index in [4.69, 9.17) is 10.2 Å². The molecule has 6 aromatic rings. The van der Waals surface area contributed by atoms with Gasteiger partial charge in [0.2, 0.25) is 0 Å². The Labute approximate surface area is 229 Å². The minimum atomic E-state index is 0.771. The summed E-state index contributed by atoms with van der Waals surface area (Å²) in [6.45, 7) is 5.36. The molecule has 0 bridgehead atoms. The van der Waals surface area contributed by atoms with Crippen molar-refractivity contribution < 1.29 is 0 Å². The molecule has 4 aromatic carbocycles. The van der Waals surface area contributed by atoms with Gasteiger partial charge in [0.05, 0.1) is 17.6 Å². The maximum atomic E-state index is 4.96. The van der Waals surface area contributed by atoms with Gasteiger partial charge in [-0.1, -0.05) is 80.4 Å². The number of unbranched alkanes of at least 4 members (excludes halogenated alkanes) is 2. The zero-order valence-corrected chi connectivity index (χ0v) is 22.5. The van der Waals surface area contributed by atoms with Crippen molar-refractivity contribution in [3.63, 3.8) is 0 Å². The summed E-state index contributed by atoms with van der Waals surface area (Å²) in [4.78, 5) is 0. The number of aryl methyl sites for hydroxylation is 2. The molecule has 5 nitrogen and oxygen atoms in total. The fraction of sp³-hybridized carbons (Fsp3) is 0.176. The SMILES string of the molecule is CCCCCn1c2ccccc2c2cc(/C=N\N(c3ccccc3)c3cc(C)n(-c4ccccc4)n3)ccc21. The van der Waals surface area contributed by atoms with Crippen LogP contribution in [0.3, 0.4) is 0 Å². The molecule has 0 saturated heterocycles. The molecule has 0 amide bonds. The number of benzene rings is 4. The Kier molecular flexibility index (Phi) is 6.96. The molecule has 194 valence electrons. The Hall–Kier alpha value is -4.64. The fourth-order valence-electron chi connectivity index (χ4n) is 5.26. The fourth-order valence-corrected chi connectivity index (χ4v) is 5.26. The highest BCUT2D eigenvalue weighted by molar-refractivity contribution is 6.09. The van der Waals surface area contributed by atoms with E-state index in [0.29, 0.717) is 0 Å². The van der Waals surface area contributed by atoms with Crippen LogP contribution in [0.25, 0.3) is 27.5 Å². The van der Waals surface area contributed by atoms with Crippen molar-refractivity contribution >= 4 is 39.5 Å². The predicted molar refractivity (Wildman–Crippen MR) is 163 cm³/mol. The van der Waals surface area contributed by atoms with Crippen LogP contribution in [0.2, 0.25) is 0 Å². The molecule has 2 heterocycles. The Balaban J connectivity index is 1.39. The number of rotatable bonds is 9. The van der Waals surface area contributed by atoms with E-state index in [2.05, 4.69) is 91.2 Å². The highest BCUT2D eigenvalue weighted by Crippen LogP contribution is 2.31. The third-order valence-electron chi connectivity index (χ3n) is 7.20. The van der Waals surface area contributed by atoms with Gasteiger partial charge in [-0.15, -0.1) is 5.10 Å². The zero-order valence-electron chi connectivity index (χ0n) is 22.5. The molecule has 0 fully saturated rings. The van der Waals surface area contributed by atoms with Crippen molar-refractivity contribution in [3.05, 3.63) is 120 Å². The van der Waals surface area contributed by atoms with E-state index in [0.717, 1.165) is 35.0 Å². The third kappa shape index (κ3) is 4.96. The van der Waals surface area contributed by atoms with Crippen LogP contribution in [-0.4, -0.2) is 20.6 Å². The number of aromatic nitrogens is 3.